The summed E-state index contributed by atoms with van der Waals surface area (Å²) >= 11 is 1.55. The molecule has 0 fully saturated rings. The lowest BCUT2D eigenvalue weighted by Crippen LogP contribution is -2.23. The number of furan rings is 1. The molecule has 3 aromatic rings. The summed E-state index contributed by atoms with van der Waals surface area (Å²) in [5, 5.41) is 2.85. The molecule has 1 N–H and O–H groups in total. The number of amides is 1. The zero-order chi connectivity index (χ0) is 16.8. The molecule has 0 saturated carbocycles. The van der Waals surface area contributed by atoms with Crippen molar-refractivity contribution in [2.75, 3.05) is 0 Å². The Hall–Kier alpha value is -2.53. The third-order valence-electron chi connectivity index (χ3n) is 3.44. The van der Waals surface area contributed by atoms with Gasteiger partial charge >= 0.3 is 0 Å². The molecule has 0 bridgehead atoms. The molecular formula is C19H16FNO2S. The lowest BCUT2D eigenvalue weighted by molar-refractivity contribution is 0.0945. The summed E-state index contributed by atoms with van der Waals surface area (Å²) in [5.74, 6) is 0.984. The van der Waals surface area contributed by atoms with Crippen LogP contribution < -0.4 is 5.32 Å². The minimum absolute atomic E-state index is 0.145. The Bertz CT molecular complexity index is 800. The van der Waals surface area contributed by atoms with Gasteiger partial charge < -0.3 is 9.73 Å². The Morgan fingerprint density at radius 3 is 2.58 bits per heavy atom. The second kappa shape index (κ2) is 7.84. The van der Waals surface area contributed by atoms with E-state index in [4.69, 9.17) is 4.42 Å². The van der Waals surface area contributed by atoms with Gasteiger partial charge in [0.2, 0.25) is 0 Å². The Labute approximate surface area is 143 Å². The Kier molecular flexibility index (Phi) is 5.33. The molecule has 0 spiro atoms. The minimum atomic E-state index is -0.249. The highest BCUT2D eigenvalue weighted by molar-refractivity contribution is 7.98. The second-order valence-corrected chi connectivity index (χ2v) is 6.19. The first kappa shape index (κ1) is 16.3. The molecule has 0 saturated heterocycles. The highest BCUT2D eigenvalue weighted by Gasteiger charge is 2.11. The topological polar surface area (TPSA) is 42.2 Å². The predicted molar refractivity (Wildman–Crippen MR) is 92.3 cm³/mol. The number of carbonyl (C=O) groups excluding carboxylic acids is 1. The number of nitrogens with one attached hydrogen (secondary N) is 1. The molecule has 0 atom stereocenters. The first-order valence-corrected chi connectivity index (χ1v) is 8.48. The zero-order valence-corrected chi connectivity index (χ0v) is 13.7. The quantitative estimate of drug-likeness (QED) is 0.664. The van der Waals surface area contributed by atoms with Crippen LogP contribution in [-0.4, -0.2) is 5.91 Å². The average Bonchev–Trinajstić information content (AvgIpc) is 3.13. The number of thioether (sulfide) groups is 1. The van der Waals surface area contributed by atoms with E-state index < -0.39 is 0 Å². The van der Waals surface area contributed by atoms with Crippen molar-refractivity contribution in [2.45, 2.75) is 17.2 Å². The fourth-order valence-electron chi connectivity index (χ4n) is 2.20. The van der Waals surface area contributed by atoms with E-state index >= 15 is 0 Å². The molecular weight excluding hydrogens is 325 g/mol. The molecule has 122 valence electrons. The molecule has 0 radical (unpaired) electrons. The fourth-order valence-corrected chi connectivity index (χ4v) is 3.20. The smallest absolute Gasteiger partial charge is 0.252 e. The largest absolute Gasteiger partial charge is 0.467 e. The predicted octanol–water partition coefficient (Wildman–Crippen LogP) is 4.64. The number of rotatable bonds is 6. The van der Waals surface area contributed by atoms with Gasteiger partial charge in [-0.25, -0.2) is 4.39 Å². The number of hydrogen-bond acceptors (Lipinski definition) is 3. The van der Waals surface area contributed by atoms with Crippen LogP contribution in [0.1, 0.15) is 21.7 Å². The van der Waals surface area contributed by atoms with Crippen LogP contribution in [0.4, 0.5) is 4.39 Å². The first-order valence-electron chi connectivity index (χ1n) is 7.49. The van der Waals surface area contributed by atoms with Gasteiger partial charge in [-0.1, -0.05) is 24.3 Å². The lowest BCUT2D eigenvalue weighted by atomic mass is 10.2. The number of benzene rings is 2. The van der Waals surface area contributed by atoms with Crippen molar-refractivity contribution in [3.05, 3.63) is 89.6 Å². The van der Waals surface area contributed by atoms with Crippen LogP contribution in [0.15, 0.2) is 76.2 Å². The van der Waals surface area contributed by atoms with Crippen molar-refractivity contribution in [1.82, 2.24) is 5.32 Å². The maximum Gasteiger partial charge on any atom is 0.252 e. The molecule has 3 rings (SSSR count). The average molecular weight is 341 g/mol. The third kappa shape index (κ3) is 4.26. The summed E-state index contributed by atoms with van der Waals surface area (Å²) in [6.45, 7) is 0.350. The zero-order valence-electron chi connectivity index (χ0n) is 12.9. The molecule has 0 aliphatic carbocycles. The van der Waals surface area contributed by atoms with Crippen molar-refractivity contribution in [3.8, 4) is 0 Å². The van der Waals surface area contributed by atoms with Crippen molar-refractivity contribution < 1.29 is 13.6 Å². The van der Waals surface area contributed by atoms with Gasteiger partial charge in [-0.3, -0.25) is 4.79 Å². The van der Waals surface area contributed by atoms with E-state index in [0.29, 0.717) is 23.6 Å². The molecule has 1 heterocycles. The van der Waals surface area contributed by atoms with Crippen LogP contribution in [0.3, 0.4) is 0 Å². The van der Waals surface area contributed by atoms with Gasteiger partial charge in [-0.2, -0.15) is 0 Å². The second-order valence-electron chi connectivity index (χ2n) is 5.17. The minimum Gasteiger partial charge on any atom is -0.467 e. The number of hydrogen-bond donors (Lipinski definition) is 1. The standard InChI is InChI=1S/C19H16FNO2S/c20-15-9-7-14(8-10-15)13-24-18-6-2-1-5-17(18)19(22)21-12-16-4-3-11-23-16/h1-11H,12-13H2,(H,21,22). The van der Waals surface area contributed by atoms with Crippen molar-refractivity contribution in [1.29, 1.82) is 0 Å². The van der Waals surface area contributed by atoms with Gasteiger partial charge in [0.05, 0.1) is 18.4 Å². The van der Waals surface area contributed by atoms with Crippen LogP contribution in [0, 0.1) is 5.82 Å². The van der Waals surface area contributed by atoms with E-state index in [-0.39, 0.29) is 11.7 Å². The third-order valence-corrected chi connectivity index (χ3v) is 4.59. The van der Waals surface area contributed by atoms with E-state index in [2.05, 4.69) is 5.32 Å². The molecule has 1 aromatic heterocycles. The Morgan fingerprint density at radius 1 is 1.04 bits per heavy atom. The maximum absolute atomic E-state index is 13.0. The highest BCUT2D eigenvalue weighted by Crippen LogP contribution is 2.26. The van der Waals surface area contributed by atoms with Crippen LogP contribution in [-0.2, 0) is 12.3 Å². The molecule has 1 amide bonds. The summed E-state index contributed by atoms with van der Waals surface area (Å²) in [6.07, 6.45) is 1.58. The van der Waals surface area contributed by atoms with Crippen LogP contribution in [0.5, 0.6) is 0 Å². The van der Waals surface area contributed by atoms with Crippen LogP contribution >= 0.6 is 11.8 Å². The van der Waals surface area contributed by atoms with Crippen molar-refractivity contribution in [2.24, 2.45) is 0 Å². The maximum atomic E-state index is 13.0. The summed E-state index contributed by atoms with van der Waals surface area (Å²) in [5.41, 5.74) is 1.63. The van der Waals surface area contributed by atoms with E-state index in [9.17, 15) is 9.18 Å². The summed E-state index contributed by atoms with van der Waals surface area (Å²) in [7, 11) is 0. The van der Waals surface area contributed by atoms with E-state index in [1.54, 1.807) is 42.3 Å². The van der Waals surface area contributed by atoms with Crippen molar-refractivity contribution >= 4 is 17.7 Å². The monoisotopic (exact) mass is 341 g/mol. The molecule has 24 heavy (non-hydrogen) atoms. The van der Waals surface area contributed by atoms with Gasteiger partial charge in [-0.05, 0) is 42.0 Å². The lowest BCUT2D eigenvalue weighted by Gasteiger charge is -2.09. The molecule has 2 aromatic carbocycles. The van der Waals surface area contributed by atoms with Crippen LogP contribution in [0.25, 0.3) is 0 Å². The van der Waals surface area contributed by atoms with E-state index in [1.165, 1.54) is 12.1 Å². The number of halogens is 1. The molecule has 5 heteroatoms. The van der Waals surface area contributed by atoms with E-state index in [0.717, 1.165) is 10.5 Å². The summed E-state index contributed by atoms with van der Waals surface area (Å²) in [6, 6.07) is 17.4. The first-order chi connectivity index (χ1) is 11.7. The van der Waals surface area contributed by atoms with Gasteiger partial charge in [0.1, 0.15) is 11.6 Å². The summed E-state index contributed by atoms with van der Waals surface area (Å²) in [4.78, 5) is 13.3. The van der Waals surface area contributed by atoms with Crippen molar-refractivity contribution in [3.63, 3.8) is 0 Å². The molecule has 0 aliphatic heterocycles. The highest BCUT2D eigenvalue weighted by atomic mass is 32.2. The normalized spacial score (nSPS) is 10.5. The van der Waals surface area contributed by atoms with E-state index in [1.807, 2.05) is 24.3 Å². The van der Waals surface area contributed by atoms with Crippen LogP contribution in [0.2, 0.25) is 0 Å². The van der Waals surface area contributed by atoms with Gasteiger partial charge in [0.25, 0.3) is 5.91 Å². The summed E-state index contributed by atoms with van der Waals surface area (Å²) < 4.78 is 18.2. The molecule has 3 nitrogen and oxygen atoms in total. The fraction of sp³-hybridized carbons (Fsp3) is 0.105. The van der Waals surface area contributed by atoms with Gasteiger partial charge in [0, 0.05) is 10.6 Å². The Balaban J connectivity index is 1.65. The molecule has 0 unspecified atom stereocenters. The van der Waals surface area contributed by atoms with Gasteiger partial charge in [0.15, 0.2) is 0 Å². The Morgan fingerprint density at radius 2 is 1.83 bits per heavy atom. The number of carbonyl (C=O) groups is 1. The van der Waals surface area contributed by atoms with Gasteiger partial charge in [-0.15, -0.1) is 11.8 Å². The molecule has 0 aliphatic rings. The SMILES string of the molecule is O=C(NCc1ccco1)c1ccccc1SCc1ccc(F)cc1.